The molecular formula is C12H29O3S4Si. The zero-order valence-corrected chi connectivity index (χ0v) is 17.6. The fraction of sp³-hybridized carbons (Fsp3) is 1.00. The van der Waals surface area contributed by atoms with E-state index in [2.05, 4.69) is 13.8 Å². The molecule has 0 aliphatic carbocycles. The molecule has 0 aromatic heterocycles. The molecule has 0 aromatic carbocycles. The first-order valence-electron chi connectivity index (χ1n) is 7.09. The van der Waals surface area contributed by atoms with E-state index in [9.17, 15) is 0 Å². The average Bonchev–Trinajstić information content (AvgIpc) is 2.44. The summed E-state index contributed by atoms with van der Waals surface area (Å²) in [6, 6.07) is 0. The van der Waals surface area contributed by atoms with Gasteiger partial charge in [-0.1, -0.05) is 35.4 Å². The highest BCUT2D eigenvalue weighted by atomic mass is 33.7. The molecule has 3 nitrogen and oxygen atoms in total. The largest absolute Gasteiger partial charge is 0.577 e. The van der Waals surface area contributed by atoms with Gasteiger partial charge < -0.3 is 13.3 Å². The molecule has 0 aliphatic heterocycles. The van der Waals surface area contributed by atoms with Crippen molar-refractivity contribution in [3.05, 3.63) is 0 Å². The summed E-state index contributed by atoms with van der Waals surface area (Å²) in [5, 5.41) is 0. The second-order valence-electron chi connectivity index (χ2n) is 3.33. The van der Waals surface area contributed by atoms with Crippen LogP contribution in [0.3, 0.4) is 0 Å². The fourth-order valence-corrected chi connectivity index (χ4v) is 7.95. The third kappa shape index (κ3) is 21.8. The molecular weight excluding hydrogens is 348 g/mol. The Kier molecular flexibility index (Phi) is 27.1. The molecule has 0 heterocycles. The molecule has 0 fully saturated rings. The first-order valence-corrected chi connectivity index (χ1v) is 13.5. The van der Waals surface area contributed by atoms with E-state index in [-0.39, 0.29) is 0 Å². The molecule has 20 heavy (non-hydrogen) atoms. The molecule has 8 heteroatoms. The molecule has 0 aromatic rings. The highest BCUT2D eigenvalue weighted by molar-refractivity contribution is 9.26. The van der Waals surface area contributed by atoms with Gasteiger partial charge in [-0.05, 0) is 53.3 Å². The lowest BCUT2D eigenvalue weighted by Crippen LogP contribution is -2.27. The Morgan fingerprint density at radius 1 is 0.650 bits per heavy atom. The Bertz CT molecular complexity index is 147. The van der Waals surface area contributed by atoms with Crippen molar-refractivity contribution in [1.82, 2.24) is 0 Å². The van der Waals surface area contributed by atoms with E-state index < -0.39 is 9.53 Å². The predicted octanol–water partition coefficient (Wildman–Crippen LogP) is 5.57. The van der Waals surface area contributed by atoms with Crippen LogP contribution in [0.15, 0.2) is 0 Å². The van der Waals surface area contributed by atoms with Gasteiger partial charge in [0.15, 0.2) is 0 Å². The SMILES string of the molecule is CCCSSSSCCC.CCO[Si](OCC)OCC. The van der Waals surface area contributed by atoms with Gasteiger partial charge in [0, 0.05) is 31.3 Å². The lowest BCUT2D eigenvalue weighted by atomic mass is 10.6. The predicted molar refractivity (Wildman–Crippen MR) is 101 cm³/mol. The van der Waals surface area contributed by atoms with Crippen LogP contribution in [-0.4, -0.2) is 40.9 Å². The molecule has 1 radical (unpaired) electrons. The third-order valence-corrected chi connectivity index (χ3v) is 9.93. The summed E-state index contributed by atoms with van der Waals surface area (Å²) in [4.78, 5) is 0. The number of rotatable bonds is 13. The van der Waals surface area contributed by atoms with Crippen LogP contribution in [-0.2, 0) is 13.3 Å². The van der Waals surface area contributed by atoms with E-state index in [0.29, 0.717) is 19.8 Å². The van der Waals surface area contributed by atoms with Crippen molar-refractivity contribution < 1.29 is 13.3 Å². The number of hydrogen-bond acceptors (Lipinski definition) is 7. The molecule has 123 valence electrons. The van der Waals surface area contributed by atoms with E-state index in [1.54, 1.807) is 0 Å². The van der Waals surface area contributed by atoms with Crippen molar-refractivity contribution in [2.45, 2.75) is 47.5 Å². The van der Waals surface area contributed by atoms with Crippen molar-refractivity contribution in [2.24, 2.45) is 0 Å². The van der Waals surface area contributed by atoms with Crippen LogP contribution < -0.4 is 0 Å². The summed E-state index contributed by atoms with van der Waals surface area (Å²) in [7, 11) is 6.36. The molecule has 0 rings (SSSR count). The minimum absolute atomic E-state index is 0.661. The van der Waals surface area contributed by atoms with Gasteiger partial charge >= 0.3 is 9.53 Å². The molecule has 0 N–H and O–H groups in total. The first-order chi connectivity index (χ1) is 9.76. The highest BCUT2D eigenvalue weighted by Gasteiger charge is 2.15. The van der Waals surface area contributed by atoms with Gasteiger partial charge in [-0.15, -0.1) is 0 Å². The molecule has 0 saturated carbocycles. The second kappa shape index (κ2) is 22.8. The molecule has 0 saturated heterocycles. The van der Waals surface area contributed by atoms with Crippen LogP contribution in [0.4, 0.5) is 0 Å². The van der Waals surface area contributed by atoms with E-state index in [0.717, 1.165) is 0 Å². The third-order valence-electron chi connectivity index (χ3n) is 1.49. The Hall–Kier alpha value is 1.50. The zero-order valence-electron chi connectivity index (χ0n) is 13.3. The Balaban J connectivity index is 0. The van der Waals surface area contributed by atoms with E-state index in [1.165, 1.54) is 24.3 Å². The summed E-state index contributed by atoms with van der Waals surface area (Å²) in [5.74, 6) is 2.56. The summed E-state index contributed by atoms with van der Waals surface area (Å²) in [5.41, 5.74) is 0. The molecule has 0 bridgehead atoms. The van der Waals surface area contributed by atoms with Gasteiger partial charge in [0.05, 0.1) is 0 Å². The Morgan fingerprint density at radius 2 is 1.00 bits per heavy atom. The van der Waals surface area contributed by atoms with Crippen LogP contribution in [0.1, 0.15) is 47.5 Å². The molecule has 0 aliphatic rings. The normalized spacial score (nSPS) is 10.5. The van der Waals surface area contributed by atoms with E-state index in [4.69, 9.17) is 13.3 Å². The van der Waals surface area contributed by atoms with Gasteiger partial charge in [-0.25, -0.2) is 0 Å². The monoisotopic (exact) mass is 377 g/mol. The molecule has 0 spiro atoms. The molecule has 0 unspecified atom stereocenters. The van der Waals surface area contributed by atoms with E-state index in [1.807, 2.05) is 62.0 Å². The quantitative estimate of drug-likeness (QED) is 0.235. The highest BCUT2D eigenvalue weighted by Crippen LogP contribution is 2.43. The van der Waals surface area contributed by atoms with Gasteiger partial charge in [0.2, 0.25) is 0 Å². The second-order valence-corrected chi connectivity index (χ2v) is 10.9. The Morgan fingerprint density at radius 3 is 1.25 bits per heavy atom. The average molecular weight is 378 g/mol. The van der Waals surface area contributed by atoms with Crippen molar-refractivity contribution in [3.8, 4) is 0 Å². The molecule has 0 amide bonds. The minimum Gasteiger partial charge on any atom is -0.371 e. The van der Waals surface area contributed by atoms with Crippen molar-refractivity contribution >= 4 is 50.8 Å². The van der Waals surface area contributed by atoms with Gasteiger partial charge in [-0.3, -0.25) is 0 Å². The van der Waals surface area contributed by atoms with Gasteiger partial charge in [-0.2, -0.15) is 0 Å². The maximum absolute atomic E-state index is 5.18. The van der Waals surface area contributed by atoms with Crippen molar-refractivity contribution in [1.29, 1.82) is 0 Å². The van der Waals surface area contributed by atoms with Crippen LogP contribution in [0.2, 0.25) is 0 Å². The van der Waals surface area contributed by atoms with Crippen molar-refractivity contribution in [3.63, 3.8) is 0 Å². The lowest BCUT2D eigenvalue weighted by Gasteiger charge is -2.10. The lowest BCUT2D eigenvalue weighted by molar-refractivity contribution is 0.107. The first kappa shape index (κ1) is 23.8. The smallest absolute Gasteiger partial charge is 0.371 e. The summed E-state index contributed by atoms with van der Waals surface area (Å²) in [6.07, 6.45) is 2.58. The van der Waals surface area contributed by atoms with Gasteiger partial charge in [0.25, 0.3) is 0 Å². The summed E-state index contributed by atoms with van der Waals surface area (Å²) >= 11 is 0. The Labute approximate surface area is 142 Å². The van der Waals surface area contributed by atoms with E-state index >= 15 is 0 Å². The minimum atomic E-state index is -1.40. The summed E-state index contributed by atoms with van der Waals surface area (Å²) in [6.45, 7) is 12.2. The zero-order chi connectivity index (χ0) is 15.5. The van der Waals surface area contributed by atoms with Crippen molar-refractivity contribution in [2.75, 3.05) is 31.3 Å². The standard InChI is InChI=1S/C6H15O3Si.C6H14S4/c1-4-7-10(8-5-2)9-6-3;1-3-5-7-9-10-8-6-4-2/h4-6H2,1-3H3;3-6H2,1-2H3. The van der Waals surface area contributed by atoms with Crippen LogP contribution >= 0.6 is 41.2 Å². The van der Waals surface area contributed by atoms with Crippen LogP contribution in [0.5, 0.6) is 0 Å². The summed E-state index contributed by atoms with van der Waals surface area (Å²) < 4.78 is 15.5. The number of hydrogen-bond donors (Lipinski definition) is 0. The molecule has 0 atom stereocenters. The maximum atomic E-state index is 5.18. The van der Waals surface area contributed by atoms with Crippen LogP contribution in [0.25, 0.3) is 0 Å². The van der Waals surface area contributed by atoms with Gasteiger partial charge in [0.1, 0.15) is 0 Å². The fourth-order valence-electron chi connectivity index (χ4n) is 0.753. The topological polar surface area (TPSA) is 27.7 Å². The maximum Gasteiger partial charge on any atom is 0.577 e. The van der Waals surface area contributed by atoms with Crippen LogP contribution in [0, 0.1) is 0 Å².